The fraction of sp³-hybridized carbons (Fsp3) is 0.429. The topological polar surface area (TPSA) is 73.1 Å². The van der Waals surface area contributed by atoms with Crippen molar-refractivity contribution in [2.24, 2.45) is 0 Å². The number of hydrogen-bond donors (Lipinski definition) is 2. The Morgan fingerprint density at radius 3 is 3.00 bits per heavy atom. The van der Waals surface area contributed by atoms with Gasteiger partial charge in [-0.1, -0.05) is 0 Å². The molecular weight excluding hydrogens is 240 g/mol. The average Bonchev–Trinajstić information content (AvgIpc) is 2.70. The van der Waals surface area contributed by atoms with Crippen LogP contribution in [0, 0.1) is 0 Å². The molecule has 19 heavy (non-hydrogen) atoms. The van der Waals surface area contributed by atoms with Gasteiger partial charge >= 0.3 is 0 Å². The maximum atomic E-state index is 5.85. The number of ether oxygens (including phenoxy) is 1. The van der Waals surface area contributed by atoms with Gasteiger partial charge in [-0.15, -0.1) is 0 Å². The molecule has 0 aliphatic carbocycles. The number of rotatable bonds is 2. The van der Waals surface area contributed by atoms with E-state index in [-0.39, 0.29) is 11.6 Å². The van der Waals surface area contributed by atoms with Crippen molar-refractivity contribution in [3.63, 3.8) is 0 Å². The normalized spacial score (nSPS) is 26.7. The molecule has 2 heterocycles. The van der Waals surface area contributed by atoms with E-state index in [4.69, 9.17) is 10.5 Å². The van der Waals surface area contributed by atoms with Crippen LogP contribution in [0.4, 0.5) is 11.5 Å². The minimum atomic E-state index is -0.105. The molecule has 3 rings (SSSR count). The number of nitrogens with two attached hydrogens (primary N) is 1. The summed E-state index contributed by atoms with van der Waals surface area (Å²) in [6.45, 7) is 5.01. The molecule has 1 aliphatic rings. The van der Waals surface area contributed by atoms with Gasteiger partial charge in [-0.25, -0.2) is 9.97 Å². The minimum Gasteiger partial charge on any atom is -0.399 e. The van der Waals surface area contributed by atoms with Crippen molar-refractivity contribution in [2.45, 2.75) is 31.9 Å². The van der Waals surface area contributed by atoms with Gasteiger partial charge in [0.25, 0.3) is 0 Å². The molecule has 1 saturated heterocycles. The van der Waals surface area contributed by atoms with Crippen molar-refractivity contribution in [2.75, 3.05) is 17.7 Å². The van der Waals surface area contributed by atoms with Gasteiger partial charge in [0, 0.05) is 17.7 Å². The molecule has 2 aromatic rings. The van der Waals surface area contributed by atoms with Crippen LogP contribution in [-0.4, -0.2) is 28.2 Å². The number of fused-ring (bicyclic) bond motifs is 1. The van der Waals surface area contributed by atoms with Crippen LogP contribution in [0.2, 0.25) is 0 Å². The van der Waals surface area contributed by atoms with Gasteiger partial charge in [0.1, 0.15) is 12.1 Å². The second kappa shape index (κ2) is 4.35. The van der Waals surface area contributed by atoms with E-state index >= 15 is 0 Å². The van der Waals surface area contributed by atoms with Crippen molar-refractivity contribution in [3.8, 4) is 0 Å². The number of hydrogen-bond acceptors (Lipinski definition) is 5. The standard InChI is InChI=1S/C14H18N4O/c1-9-14(2,5-6-19-9)18-13-11-7-10(15)3-4-12(11)16-8-17-13/h3-4,7-9H,5-6,15H2,1-2H3,(H,16,17,18). The first kappa shape index (κ1) is 12.2. The molecule has 0 spiro atoms. The maximum absolute atomic E-state index is 5.85. The second-order valence-corrected chi connectivity index (χ2v) is 5.30. The summed E-state index contributed by atoms with van der Waals surface area (Å²) in [4.78, 5) is 8.62. The second-order valence-electron chi connectivity index (χ2n) is 5.30. The molecule has 0 amide bonds. The Balaban J connectivity index is 2.03. The van der Waals surface area contributed by atoms with Crippen molar-refractivity contribution >= 4 is 22.4 Å². The highest BCUT2D eigenvalue weighted by Gasteiger charge is 2.37. The third-order valence-corrected chi connectivity index (χ3v) is 3.95. The molecule has 0 saturated carbocycles. The Bertz CT molecular complexity index is 615. The monoisotopic (exact) mass is 258 g/mol. The van der Waals surface area contributed by atoms with E-state index in [9.17, 15) is 0 Å². The molecule has 3 N–H and O–H groups in total. The first-order valence-electron chi connectivity index (χ1n) is 6.48. The number of nitrogens with zero attached hydrogens (tertiary/aromatic N) is 2. The molecule has 5 heteroatoms. The van der Waals surface area contributed by atoms with Crippen molar-refractivity contribution in [1.82, 2.24) is 9.97 Å². The molecule has 1 aromatic carbocycles. The highest BCUT2D eigenvalue weighted by Crippen LogP contribution is 2.31. The Hall–Kier alpha value is -1.88. The van der Waals surface area contributed by atoms with Crippen LogP contribution >= 0.6 is 0 Å². The van der Waals surface area contributed by atoms with E-state index in [1.165, 1.54) is 0 Å². The van der Waals surface area contributed by atoms with E-state index in [0.717, 1.165) is 29.7 Å². The number of aromatic nitrogens is 2. The van der Waals surface area contributed by atoms with Crippen LogP contribution in [0.25, 0.3) is 10.9 Å². The lowest BCUT2D eigenvalue weighted by Crippen LogP contribution is -2.41. The van der Waals surface area contributed by atoms with Crippen molar-refractivity contribution < 1.29 is 4.74 Å². The lowest BCUT2D eigenvalue weighted by molar-refractivity contribution is 0.105. The molecule has 1 aromatic heterocycles. The summed E-state index contributed by atoms with van der Waals surface area (Å²) in [6.07, 6.45) is 2.69. The Morgan fingerprint density at radius 1 is 1.42 bits per heavy atom. The summed E-state index contributed by atoms with van der Waals surface area (Å²) in [7, 11) is 0. The highest BCUT2D eigenvalue weighted by molar-refractivity contribution is 5.91. The van der Waals surface area contributed by atoms with Crippen LogP contribution < -0.4 is 11.1 Å². The van der Waals surface area contributed by atoms with E-state index in [1.807, 2.05) is 18.2 Å². The average molecular weight is 258 g/mol. The van der Waals surface area contributed by atoms with Gasteiger partial charge in [-0.3, -0.25) is 0 Å². The lowest BCUT2D eigenvalue weighted by Gasteiger charge is -2.29. The van der Waals surface area contributed by atoms with Gasteiger partial charge in [0.2, 0.25) is 0 Å². The molecule has 2 atom stereocenters. The van der Waals surface area contributed by atoms with E-state index in [2.05, 4.69) is 29.1 Å². The predicted octanol–water partition coefficient (Wildman–Crippen LogP) is 2.19. The highest BCUT2D eigenvalue weighted by atomic mass is 16.5. The molecule has 1 aliphatic heterocycles. The zero-order valence-corrected chi connectivity index (χ0v) is 11.2. The van der Waals surface area contributed by atoms with Gasteiger partial charge in [-0.05, 0) is 38.5 Å². The van der Waals surface area contributed by atoms with E-state index < -0.39 is 0 Å². The number of nitrogens with one attached hydrogen (secondary N) is 1. The maximum Gasteiger partial charge on any atom is 0.137 e. The number of nitrogen functional groups attached to an aromatic ring is 1. The summed E-state index contributed by atoms with van der Waals surface area (Å²) >= 11 is 0. The summed E-state index contributed by atoms with van der Waals surface area (Å²) in [5, 5.41) is 4.45. The van der Waals surface area contributed by atoms with Crippen LogP contribution in [0.3, 0.4) is 0 Å². The molecule has 2 unspecified atom stereocenters. The first-order valence-corrected chi connectivity index (χ1v) is 6.48. The molecule has 0 radical (unpaired) electrons. The smallest absolute Gasteiger partial charge is 0.137 e. The predicted molar refractivity (Wildman–Crippen MR) is 76.0 cm³/mol. The van der Waals surface area contributed by atoms with Gasteiger partial charge < -0.3 is 15.8 Å². The Morgan fingerprint density at radius 2 is 2.26 bits per heavy atom. The molecular formula is C14H18N4O. The zero-order chi connectivity index (χ0) is 13.5. The fourth-order valence-electron chi connectivity index (χ4n) is 2.44. The van der Waals surface area contributed by atoms with Crippen LogP contribution in [0.15, 0.2) is 24.5 Å². The number of benzene rings is 1. The van der Waals surface area contributed by atoms with Gasteiger partial charge in [-0.2, -0.15) is 0 Å². The lowest BCUT2D eigenvalue weighted by atomic mass is 9.94. The van der Waals surface area contributed by atoms with Gasteiger partial charge in [0.05, 0.1) is 17.2 Å². The third kappa shape index (κ3) is 2.10. The summed E-state index contributed by atoms with van der Waals surface area (Å²) in [5.74, 6) is 0.817. The van der Waals surface area contributed by atoms with Crippen LogP contribution in [-0.2, 0) is 4.74 Å². The Labute approximate surface area is 112 Å². The van der Waals surface area contributed by atoms with Crippen LogP contribution in [0.5, 0.6) is 0 Å². The molecule has 100 valence electrons. The molecule has 1 fully saturated rings. The molecule has 5 nitrogen and oxygen atoms in total. The molecule has 0 bridgehead atoms. The Kier molecular flexibility index (Phi) is 2.78. The van der Waals surface area contributed by atoms with E-state index in [0.29, 0.717) is 5.69 Å². The third-order valence-electron chi connectivity index (χ3n) is 3.95. The zero-order valence-electron chi connectivity index (χ0n) is 11.2. The fourth-order valence-corrected chi connectivity index (χ4v) is 2.44. The summed E-state index contributed by atoms with van der Waals surface area (Å²) < 4.78 is 5.65. The van der Waals surface area contributed by atoms with Gasteiger partial charge in [0.15, 0.2) is 0 Å². The summed E-state index contributed by atoms with van der Waals surface area (Å²) in [5.41, 5.74) is 7.35. The summed E-state index contributed by atoms with van der Waals surface area (Å²) in [6, 6.07) is 5.66. The van der Waals surface area contributed by atoms with Crippen molar-refractivity contribution in [1.29, 1.82) is 0 Å². The van der Waals surface area contributed by atoms with Crippen molar-refractivity contribution in [3.05, 3.63) is 24.5 Å². The first-order chi connectivity index (χ1) is 9.08. The largest absolute Gasteiger partial charge is 0.399 e. The van der Waals surface area contributed by atoms with E-state index in [1.54, 1.807) is 6.33 Å². The minimum absolute atomic E-state index is 0.105. The quantitative estimate of drug-likeness (QED) is 0.808. The SMILES string of the molecule is CC1OCCC1(C)Nc1ncnc2ccc(N)cc12. The van der Waals surface area contributed by atoms with Crippen LogP contribution in [0.1, 0.15) is 20.3 Å². The number of anilines is 2.